The Hall–Kier alpha value is -2.27. The van der Waals surface area contributed by atoms with E-state index in [4.69, 9.17) is 11.5 Å². The van der Waals surface area contributed by atoms with Crippen LogP contribution in [0.2, 0.25) is 0 Å². The van der Waals surface area contributed by atoms with E-state index in [0.29, 0.717) is 0 Å². The standard InChI is InChI=1S/C24H42F2N4O5/c1-12(2)9-18(32)30(8)23(35)24(25,26)21(33)16(27)10-15(7)11-17(31)20(14(5)6)29-22(34)19(28)13(3)4/h12-16,19-20H,9-11,27-28H2,1-8H3,(H,29,34)/t15?,16?,19-,20-/m0/s1. The normalized spacial score (nSPS) is 15.5. The fourth-order valence-corrected chi connectivity index (χ4v) is 3.41. The summed E-state index contributed by atoms with van der Waals surface area (Å²) in [7, 11) is 0.895. The van der Waals surface area contributed by atoms with E-state index in [1.807, 2.05) is 0 Å². The van der Waals surface area contributed by atoms with Crippen LogP contribution in [0.15, 0.2) is 0 Å². The van der Waals surface area contributed by atoms with Crippen molar-refractivity contribution in [2.24, 2.45) is 35.1 Å². The molecule has 0 aromatic rings. The van der Waals surface area contributed by atoms with Crippen LogP contribution in [0.1, 0.15) is 67.7 Å². The average Bonchev–Trinajstić information content (AvgIpc) is 2.73. The fraction of sp³-hybridized carbons (Fsp3) is 0.792. The van der Waals surface area contributed by atoms with Gasteiger partial charge in [0, 0.05) is 19.9 Å². The highest BCUT2D eigenvalue weighted by Gasteiger charge is 2.51. The van der Waals surface area contributed by atoms with E-state index in [9.17, 15) is 32.8 Å². The van der Waals surface area contributed by atoms with Gasteiger partial charge < -0.3 is 16.8 Å². The van der Waals surface area contributed by atoms with Crippen LogP contribution in [0.25, 0.3) is 0 Å². The molecule has 202 valence electrons. The maximum Gasteiger partial charge on any atom is 0.383 e. The second kappa shape index (κ2) is 13.7. The summed E-state index contributed by atoms with van der Waals surface area (Å²) in [5.41, 5.74) is 11.5. The molecular formula is C24H42F2N4O5. The lowest BCUT2D eigenvalue weighted by Crippen LogP contribution is -2.54. The van der Waals surface area contributed by atoms with Crippen molar-refractivity contribution < 1.29 is 32.8 Å². The van der Waals surface area contributed by atoms with Gasteiger partial charge in [-0.3, -0.25) is 28.9 Å². The van der Waals surface area contributed by atoms with E-state index in [2.05, 4.69) is 5.32 Å². The Morgan fingerprint density at radius 1 is 0.886 bits per heavy atom. The number of hydrogen-bond acceptors (Lipinski definition) is 7. The van der Waals surface area contributed by atoms with E-state index in [1.165, 1.54) is 0 Å². The topological polar surface area (TPSA) is 153 Å². The maximum absolute atomic E-state index is 14.5. The Labute approximate surface area is 206 Å². The van der Waals surface area contributed by atoms with Crippen molar-refractivity contribution >= 4 is 29.3 Å². The quantitative estimate of drug-likeness (QED) is 0.304. The van der Waals surface area contributed by atoms with Crippen molar-refractivity contribution in [2.75, 3.05) is 7.05 Å². The number of rotatable bonds is 14. The third kappa shape index (κ3) is 9.71. The van der Waals surface area contributed by atoms with Crippen LogP contribution < -0.4 is 16.8 Å². The van der Waals surface area contributed by atoms with Gasteiger partial charge in [0.15, 0.2) is 5.78 Å². The zero-order chi connectivity index (χ0) is 27.8. The summed E-state index contributed by atoms with van der Waals surface area (Å²) in [6.45, 7) is 12.0. The molecular weight excluding hydrogens is 462 g/mol. The van der Waals surface area contributed by atoms with Gasteiger partial charge in [0.05, 0.1) is 18.1 Å². The van der Waals surface area contributed by atoms with E-state index in [1.54, 1.807) is 48.5 Å². The van der Waals surface area contributed by atoms with Crippen molar-refractivity contribution in [3.8, 4) is 0 Å². The molecule has 0 aliphatic rings. The van der Waals surface area contributed by atoms with E-state index in [-0.39, 0.29) is 47.7 Å². The van der Waals surface area contributed by atoms with Gasteiger partial charge in [-0.2, -0.15) is 8.78 Å². The number of nitrogens with one attached hydrogen (secondary N) is 1. The van der Waals surface area contributed by atoms with E-state index in [0.717, 1.165) is 7.05 Å². The molecule has 2 unspecified atom stereocenters. The van der Waals surface area contributed by atoms with Crippen LogP contribution in [0, 0.1) is 23.7 Å². The molecule has 0 heterocycles. The van der Waals surface area contributed by atoms with Crippen LogP contribution in [-0.4, -0.2) is 65.3 Å². The first kappa shape index (κ1) is 32.7. The minimum absolute atomic E-state index is 0.132. The highest BCUT2D eigenvalue weighted by molar-refractivity contribution is 6.13. The zero-order valence-corrected chi connectivity index (χ0v) is 22.1. The number of ketones is 2. The number of carbonyl (C=O) groups is 5. The first-order valence-corrected chi connectivity index (χ1v) is 11.9. The number of Topliss-reactive ketones (excluding diaryl/α,β-unsaturated/α-hetero) is 2. The number of nitrogens with zero attached hydrogens (tertiary/aromatic N) is 1. The Bertz CT molecular complexity index is 786. The fourth-order valence-electron chi connectivity index (χ4n) is 3.41. The Morgan fingerprint density at radius 3 is 1.83 bits per heavy atom. The SMILES string of the molecule is CC(C)CC(=O)N(C)C(=O)C(F)(F)C(=O)C(N)CC(C)CC(=O)[C@@H](NC(=O)[C@@H](N)C(C)C)C(C)C. The number of hydrogen-bond donors (Lipinski definition) is 3. The van der Waals surface area contributed by atoms with Gasteiger partial charge in [-0.25, -0.2) is 0 Å². The summed E-state index contributed by atoms with van der Waals surface area (Å²) in [6, 6.07) is -3.37. The van der Waals surface area contributed by atoms with Gasteiger partial charge in [-0.1, -0.05) is 48.5 Å². The van der Waals surface area contributed by atoms with Crippen molar-refractivity contribution in [3.05, 3.63) is 0 Å². The summed E-state index contributed by atoms with van der Waals surface area (Å²) in [5.74, 6) is -11.0. The lowest BCUT2D eigenvalue weighted by molar-refractivity contribution is -0.169. The van der Waals surface area contributed by atoms with Crippen molar-refractivity contribution in [1.82, 2.24) is 10.2 Å². The monoisotopic (exact) mass is 504 g/mol. The molecule has 35 heavy (non-hydrogen) atoms. The molecule has 0 fully saturated rings. The molecule has 4 atom stereocenters. The number of halogens is 2. The smallest absolute Gasteiger partial charge is 0.345 e. The predicted molar refractivity (Wildman–Crippen MR) is 128 cm³/mol. The van der Waals surface area contributed by atoms with Crippen LogP contribution in [-0.2, 0) is 24.0 Å². The molecule has 0 spiro atoms. The minimum atomic E-state index is -4.48. The number of carbonyl (C=O) groups excluding carboxylic acids is 5. The molecule has 11 heteroatoms. The van der Waals surface area contributed by atoms with Crippen LogP contribution in [0.3, 0.4) is 0 Å². The zero-order valence-electron chi connectivity index (χ0n) is 22.1. The Kier molecular flexibility index (Phi) is 12.8. The predicted octanol–water partition coefficient (Wildman–Crippen LogP) is 1.66. The number of amides is 3. The molecule has 0 aliphatic heterocycles. The largest absolute Gasteiger partial charge is 0.383 e. The molecule has 0 rings (SSSR count). The van der Waals surface area contributed by atoms with Crippen LogP contribution in [0.4, 0.5) is 8.78 Å². The van der Waals surface area contributed by atoms with Gasteiger partial charge in [-0.15, -0.1) is 0 Å². The van der Waals surface area contributed by atoms with Gasteiger partial charge in [0.25, 0.3) is 0 Å². The molecule has 9 nitrogen and oxygen atoms in total. The lowest BCUT2D eigenvalue weighted by Gasteiger charge is -2.27. The Balaban J connectivity index is 5.22. The highest BCUT2D eigenvalue weighted by Crippen LogP contribution is 2.24. The minimum Gasteiger partial charge on any atom is -0.345 e. The summed E-state index contributed by atoms with van der Waals surface area (Å²) >= 11 is 0. The summed E-state index contributed by atoms with van der Waals surface area (Å²) < 4.78 is 29.1. The molecule has 0 bridgehead atoms. The molecule has 3 amide bonds. The lowest BCUT2D eigenvalue weighted by atomic mass is 9.88. The van der Waals surface area contributed by atoms with Crippen molar-refractivity contribution in [1.29, 1.82) is 0 Å². The van der Waals surface area contributed by atoms with Gasteiger partial charge in [0.2, 0.25) is 17.6 Å². The molecule has 0 saturated heterocycles. The van der Waals surface area contributed by atoms with Crippen LogP contribution >= 0.6 is 0 Å². The Morgan fingerprint density at radius 2 is 1.40 bits per heavy atom. The third-order valence-corrected chi connectivity index (χ3v) is 5.71. The van der Waals surface area contributed by atoms with Crippen molar-refractivity contribution in [3.63, 3.8) is 0 Å². The number of alkyl halides is 2. The maximum atomic E-state index is 14.5. The number of imide groups is 1. The van der Waals surface area contributed by atoms with E-state index < -0.39 is 53.5 Å². The van der Waals surface area contributed by atoms with Gasteiger partial charge in [-0.05, 0) is 30.1 Å². The van der Waals surface area contributed by atoms with Gasteiger partial charge in [0.1, 0.15) is 0 Å². The molecule has 0 radical (unpaired) electrons. The second-order valence-electron chi connectivity index (χ2n) is 10.4. The van der Waals surface area contributed by atoms with Crippen molar-refractivity contribution in [2.45, 2.75) is 91.8 Å². The first-order valence-electron chi connectivity index (χ1n) is 11.9. The summed E-state index contributed by atoms with van der Waals surface area (Å²) in [4.78, 5) is 61.8. The molecule has 0 aliphatic carbocycles. The van der Waals surface area contributed by atoms with Crippen LogP contribution in [0.5, 0.6) is 0 Å². The second-order valence-corrected chi connectivity index (χ2v) is 10.4. The average molecular weight is 505 g/mol. The first-order chi connectivity index (χ1) is 15.8. The summed E-state index contributed by atoms with van der Waals surface area (Å²) in [6.07, 6.45) is -0.554. The van der Waals surface area contributed by atoms with E-state index >= 15 is 0 Å². The molecule has 5 N–H and O–H groups in total. The third-order valence-electron chi connectivity index (χ3n) is 5.71. The van der Waals surface area contributed by atoms with Gasteiger partial charge >= 0.3 is 11.8 Å². The molecule has 0 saturated carbocycles. The number of nitrogens with two attached hydrogens (primary N) is 2. The molecule has 0 aromatic carbocycles. The molecule has 0 aromatic heterocycles. The summed E-state index contributed by atoms with van der Waals surface area (Å²) in [5, 5.41) is 2.64. The highest BCUT2D eigenvalue weighted by atomic mass is 19.3.